The summed E-state index contributed by atoms with van der Waals surface area (Å²) in [4.78, 5) is 12.3. The molecule has 0 N–H and O–H groups in total. The molecule has 0 aliphatic rings. The zero-order valence-electron chi connectivity index (χ0n) is 7.60. The average molecular weight is 307 g/mol. The van der Waals surface area contributed by atoms with Crippen LogP contribution >= 0.6 is 22.3 Å². The van der Waals surface area contributed by atoms with E-state index >= 15 is 0 Å². The lowest BCUT2D eigenvalue weighted by atomic mass is 10.3. The number of nitrogens with zero attached hydrogens (tertiary/aromatic N) is 2. The van der Waals surface area contributed by atoms with Gasteiger partial charge in [0, 0.05) is 16.7 Å². The van der Waals surface area contributed by atoms with E-state index < -0.39 is 41.8 Å². The number of hydrogen-bond acceptors (Lipinski definition) is 5. The summed E-state index contributed by atoms with van der Waals surface area (Å²) in [6.45, 7) is 0. The van der Waals surface area contributed by atoms with Gasteiger partial charge in [0.25, 0.3) is 20.5 Å². The van der Waals surface area contributed by atoms with Crippen molar-refractivity contribution in [3.05, 3.63) is 26.9 Å². The summed E-state index contributed by atoms with van der Waals surface area (Å²) >= 11 is 5.27. The Hall–Kier alpha value is -1.06. The van der Waals surface area contributed by atoms with Crippen molar-refractivity contribution < 1.29 is 22.1 Å². The highest BCUT2D eigenvalue weighted by molar-refractivity contribution is 8.13. The fourth-order valence-corrected chi connectivity index (χ4v) is 2.14. The van der Waals surface area contributed by atoms with Crippen molar-refractivity contribution in [1.29, 1.82) is 0 Å². The van der Waals surface area contributed by atoms with Crippen molar-refractivity contribution in [2.75, 3.05) is 0 Å². The van der Waals surface area contributed by atoms with Gasteiger partial charge in [-0.1, -0.05) is 11.6 Å². The van der Waals surface area contributed by atoms with Crippen molar-refractivity contribution in [2.45, 2.75) is 11.5 Å². The third kappa shape index (κ3) is 2.99. The molecule has 0 saturated carbocycles. The molecule has 0 aliphatic heterocycles. The number of hydrogen-bond donors (Lipinski definition) is 0. The molecule has 94 valence electrons. The van der Waals surface area contributed by atoms with Crippen LogP contribution in [0, 0.1) is 10.1 Å². The minimum absolute atomic E-state index is 0.329. The first-order chi connectivity index (χ1) is 7.64. The number of rotatable bonds is 3. The fourth-order valence-electron chi connectivity index (χ4n) is 0.943. The van der Waals surface area contributed by atoms with Crippen LogP contribution in [0.4, 0.5) is 14.5 Å². The maximum absolute atomic E-state index is 12.4. The van der Waals surface area contributed by atoms with Crippen LogP contribution in [-0.2, 0) is 9.05 Å². The van der Waals surface area contributed by atoms with Crippen LogP contribution in [-0.4, -0.2) is 18.3 Å². The van der Waals surface area contributed by atoms with Gasteiger partial charge in [-0.25, -0.2) is 22.2 Å². The van der Waals surface area contributed by atoms with E-state index in [9.17, 15) is 27.3 Å². The number of pyridine rings is 1. The summed E-state index contributed by atoms with van der Waals surface area (Å²) in [5.41, 5.74) is -2.10. The topological polar surface area (TPSA) is 90.2 Å². The first kappa shape index (κ1) is 14.0. The Balaban J connectivity index is 3.65. The van der Waals surface area contributed by atoms with Crippen molar-refractivity contribution in [2.24, 2.45) is 0 Å². The van der Waals surface area contributed by atoms with Gasteiger partial charge in [-0.05, 0) is 0 Å². The minimum atomic E-state index is -4.55. The van der Waals surface area contributed by atoms with Gasteiger partial charge in [-0.3, -0.25) is 10.1 Å². The maximum Gasteiger partial charge on any atom is 0.308 e. The summed E-state index contributed by atoms with van der Waals surface area (Å²) in [6, 6.07) is 0.329. The second-order valence-electron chi connectivity index (χ2n) is 2.69. The quantitative estimate of drug-likeness (QED) is 0.370. The summed E-state index contributed by atoms with van der Waals surface area (Å²) in [6.07, 6.45) is -3.12. The lowest BCUT2D eigenvalue weighted by Crippen LogP contribution is -2.04. The summed E-state index contributed by atoms with van der Waals surface area (Å²) in [5.74, 6) is 0. The molecule has 0 spiro atoms. The Bertz CT molecular complexity index is 578. The number of nitro groups is 1. The Morgan fingerprint density at radius 1 is 1.47 bits per heavy atom. The average Bonchev–Trinajstić information content (AvgIpc) is 2.14. The highest BCUT2D eigenvalue weighted by Crippen LogP contribution is 2.33. The van der Waals surface area contributed by atoms with Crippen molar-refractivity contribution in [3.63, 3.8) is 0 Å². The first-order valence-electron chi connectivity index (χ1n) is 3.72. The number of aromatic nitrogens is 1. The molecule has 0 bridgehead atoms. The highest BCUT2D eigenvalue weighted by Gasteiger charge is 2.30. The van der Waals surface area contributed by atoms with Crippen LogP contribution in [0.25, 0.3) is 0 Å². The Morgan fingerprint density at radius 2 is 2.00 bits per heavy atom. The molecule has 0 aliphatic carbocycles. The predicted molar refractivity (Wildman–Crippen MR) is 53.9 cm³/mol. The molecule has 0 unspecified atom stereocenters. The van der Waals surface area contributed by atoms with Crippen LogP contribution in [0.5, 0.6) is 0 Å². The van der Waals surface area contributed by atoms with Crippen LogP contribution in [0.3, 0.4) is 0 Å². The Labute approximate surface area is 103 Å². The fraction of sp³-hybridized carbons (Fsp3) is 0.167. The van der Waals surface area contributed by atoms with Gasteiger partial charge < -0.3 is 0 Å². The summed E-state index contributed by atoms with van der Waals surface area (Å²) in [7, 11) is 0.317. The van der Waals surface area contributed by atoms with Crippen molar-refractivity contribution in [1.82, 2.24) is 4.98 Å². The summed E-state index contributed by atoms with van der Waals surface area (Å²) in [5, 5.41) is 8.48. The van der Waals surface area contributed by atoms with E-state index in [0.717, 1.165) is 0 Å². The van der Waals surface area contributed by atoms with E-state index in [1.807, 2.05) is 0 Å². The molecule has 0 atom stereocenters. The van der Waals surface area contributed by atoms with Gasteiger partial charge >= 0.3 is 5.69 Å². The molecule has 0 amide bonds. The third-order valence-corrected chi connectivity index (χ3v) is 3.12. The van der Waals surface area contributed by atoms with Crippen LogP contribution in [0.15, 0.2) is 11.1 Å². The van der Waals surface area contributed by atoms with E-state index in [1.54, 1.807) is 0 Å². The minimum Gasteiger partial charge on any atom is -0.258 e. The molecular formula is C6H2Cl2F2N2O4S. The number of alkyl halides is 2. The second-order valence-corrected chi connectivity index (χ2v) is 5.53. The molecule has 6 nitrogen and oxygen atoms in total. The molecule has 1 aromatic heterocycles. The normalized spacial score (nSPS) is 11.8. The smallest absolute Gasteiger partial charge is 0.258 e. The van der Waals surface area contributed by atoms with Crippen LogP contribution in [0.2, 0.25) is 5.15 Å². The van der Waals surface area contributed by atoms with Crippen molar-refractivity contribution >= 4 is 37.0 Å². The SMILES string of the molecule is O=[N+]([O-])c1cc(C(F)F)c(Cl)nc1S(=O)(=O)Cl. The number of halogens is 4. The van der Waals surface area contributed by atoms with Gasteiger partial charge in [-0.2, -0.15) is 0 Å². The standard InChI is InChI=1S/C6H2Cl2F2N2O4S/c7-4-2(5(9)10)1-3(12(13)14)6(11-4)17(8,15)16/h1,5H. The van der Waals surface area contributed by atoms with Gasteiger partial charge in [0.1, 0.15) is 5.15 Å². The predicted octanol–water partition coefficient (Wildman–Crippen LogP) is 2.51. The monoisotopic (exact) mass is 306 g/mol. The zero-order valence-corrected chi connectivity index (χ0v) is 9.93. The molecule has 17 heavy (non-hydrogen) atoms. The van der Waals surface area contributed by atoms with E-state index in [2.05, 4.69) is 4.98 Å². The largest absolute Gasteiger partial charge is 0.308 e. The Kier molecular flexibility index (Phi) is 3.84. The first-order valence-corrected chi connectivity index (χ1v) is 6.41. The van der Waals surface area contributed by atoms with Gasteiger partial charge in [-0.15, -0.1) is 0 Å². The Morgan fingerprint density at radius 3 is 2.35 bits per heavy atom. The molecule has 1 rings (SSSR count). The zero-order chi connectivity index (χ0) is 13.4. The third-order valence-electron chi connectivity index (χ3n) is 1.61. The van der Waals surface area contributed by atoms with Gasteiger partial charge in [0.05, 0.1) is 10.5 Å². The van der Waals surface area contributed by atoms with Gasteiger partial charge in [0.2, 0.25) is 0 Å². The molecule has 0 radical (unpaired) electrons. The van der Waals surface area contributed by atoms with E-state index in [0.29, 0.717) is 6.07 Å². The van der Waals surface area contributed by atoms with Gasteiger partial charge in [0.15, 0.2) is 0 Å². The molecule has 1 aromatic rings. The molecule has 1 heterocycles. The maximum atomic E-state index is 12.4. The molecule has 11 heteroatoms. The van der Waals surface area contributed by atoms with E-state index in [4.69, 9.17) is 22.3 Å². The van der Waals surface area contributed by atoms with Crippen molar-refractivity contribution in [3.8, 4) is 0 Å². The van der Waals surface area contributed by atoms with Crippen LogP contribution < -0.4 is 0 Å². The summed E-state index contributed by atoms with van der Waals surface area (Å²) < 4.78 is 46.6. The van der Waals surface area contributed by atoms with E-state index in [1.165, 1.54) is 0 Å². The van der Waals surface area contributed by atoms with E-state index in [-0.39, 0.29) is 0 Å². The highest BCUT2D eigenvalue weighted by atomic mass is 35.7. The lowest BCUT2D eigenvalue weighted by Gasteiger charge is -2.04. The molecule has 0 aromatic carbocycles. The molecular weight excluding hydrogens is 305 g/mol. The van der Waals surface area contributed by atoms with Crippen LogP contribution in [0.1, 0.15) is 12.0 Å². The lowest BCUT2D eigenvalue weighted by molar-refractivity contribution is -0.388. The molecule has 0 saturated heterocycles. The molecule has 0 fully saturated rings. The second kappa shape index (κ2) is 4.67.